The molecule has 0 saturated heterocycles. The first-order valence-corrected chi connectivity index (χ1v) is 43.8. The van der Waals surface area contributed by atoms with Crippen LogP contribution in [0, 0.1) is 17.9 Å². The highest BCUT2D eigenvalue weighted by Crippen LogP contribution is 2.59. The number of fused-ring (bicyclic) bond motifs is 8. The molecule has 1 aliphatic heterocycles. The average molecular weight is 1690 g/mol. The van der Waals surface area contributed by atoms with E-state index in [0.717, 1.165) is 100 Å². The first kappa shape index (κ1) is 65.7. The molecule has 0 saturated carbocycles. The minimum atomic E-state index is -0.975. The monoisotopic (exact) mass is 1690 g/mol. The van der Waals surface area contributed by atoms with Gasteiger partial charge in [0.2, 0.25) is 0 Å². The van der Waals surface area contributed by atoms with Crippen LogP contribution in [0.2, 0.25) is 0 Å². The summed E-state index contributed by atoms with van der Waals surface area (Å²) in [5.41, 5.74) is 18.0. The van der Waals surface area contributed by atoms with Gasteiger partial charge in [0.1, 0.15) is 11.5 Å². The van der Waals surface area contributed by atoms with E-state index in [-0.39, 0.29) is 60.9 Å². The van der Waals surface area contributed by atoms with Crippen LogP contribution in [0.3, 0.4) is 0 Å². The number of para-hydroxylation sites is 3. The SMILES string of the molecule is [2H]c1c([2H])c([2H])c2c(c1[2H])c1c([2H])c(C#N)c([2H])c([2H])c1n2-c1cccc(N(c2cc(-c3ccc4c(c3)Oc3ccccc3C4(c3ccccc3)c3ccccc3)cc(N(c3cccc(-n4c5c([2H])c([2H])c([2H])c([2H])c5c5c([2H])c([N+]#[C-])c([2H])c([2H])c54)c3)c3c(-c4ccccc4)cc(C(C)(C)C)cc3-c3cccc(-c4ccccc4)c3)c2)c2c(-c3ccccc3)cc(C(C)C)cc2-c2cccc(-c3ccccc3)c2)c1. The molecule has 622 valence electrons. The van der Waals surface area contributed by atoms with Crippen molar-refractivity contribution in [1.82, 2.24) is 9.13 Å². The molecule has 1 aliphatic rings. The van der Waals surface area contributed by atoms with Crippen LogP contribution in [0.15, 0.2) is 449 Å². The van der Waals surface area contributed by atoms with Crippen LogP contribution in [0.5, 0.6) is 11.5 Å². The lowest BCUT2D eigenvalue weighted by molar-refractivity contribution is 0.434. The Kier molecular flexibility index (Phi) is 16.6. The van der Waals surface area contributed by atoms with Gasteiger partial charge >= 0.3 is 0 Å². The number of rotatable bonds is 18. The summed E-state index contributed by atoms with van der Waals surface area (Å²) in [4.78, 5) is 8.07. The molecule has 0 radical (unpaired) electrons. The van der Waals surface area contributed by atoms with Gasteiger partial charge in [-0.2, -0.15) is 5.26 Å². The summed E-state index contributed by atoms with van der Waals surface area (Å²) < 4.78 is 147. The van der Waals surface area contributed by atoms with E-state index >= 15 is 0 Å². The summed E-state index contributed by atoms with van der Waals surface area (Å²) >= 11 is 0. The van der Waals surface area contributed by atoms with Gasteiger partial charge < -0.3 is 23.7 Å². The maximum atomic E-state index is 10.8. The number of nitrogens with zero attached hydrogens (tertiary/aromatic N) is 6. The van der Waals surface area contributed by atoms with Crippen LogP contribution in [0.4, 0.5) is 39.8 Å². The van der Waals surface area contributed by atoms with Crippen LogP contribution < -0.4 is 14.5 Å². The summed E-state index contributed by atoms with van der Waals surface area (Å²) in [6.07, 6.45) is 0. The predicted octanol–water partition coefficient (Wildman–Crippen LogP) is 33.8. The Morgan fingerprint density at radius 3 is 1.29 bits per heavy atom. The van der Waals surface area contributed by atoms with Crippen molar-refractivity contribution < 1.29 is 23.9 Å². The van der Waals surface area contributed by atoms with E-state index in [2.05, 4.69) is 262 Å². The zero-order valence-electron chi connectivity index (χ0n) is 86.3. The lowest BCUT2D eigenvalue weighted by Crippen LogP contribution is -2.34. The third-order valence-corrected chi connectivity index (χ3v) is 25.2. The first-order chi connectivity index (χ1) is 70.2. The zero-order chi connectivity index (χ0) is 101. The maximum absolute atomic E-state index is 10.8. The van der Waals surface area contributed by atoms with Gasteiger partial charge in [-0.25, -0.2) is 4.85 Å². The van der Waals surface area contributed by atoms with Crippen molar-refractivity contribution in [3.8, 4) is 107 Å². The number of benzene rings is 19. The fourth-order valence-corrected chi connectivity index (χ4v) is 19.1. The molecule has 22 rings (SSSR count). The van der Waals surface area contributed by atoms with Crippen LogP contribution >= 0.6 is 0 Å². The topological polar surface area (TPSA) is 53.7 Å². The molecule has 21 aromatic rings. The fourth-order valence-electron chi connectivity index (χ4n) is 19.1. The highest BCUT2D eigenvalue weighted by atomic mass is 16.5. The van der Waals surface area contributed by atoms with Crippen molar-refractivity contribution in [2.24, 2.45) is 0 Å². The minimum absolute atomic E-state index is 0.0808. The van der Waals surface area contributed by atoms with Gasteiger partial charge in [0.05, 0.1) is 73.5 Å². The maximum Gasteiger partial charge on any atom is 0.188 e. The Morgan fingerprint density at radius 2 is 0.779 bits per heavy atom. The Morgan fingerprint density at radius 1 is 0.359 bits per heavy atom. The third kappa shape index (κ3) is 14.3. The summed E-state index contributed by atoms with van der Waals surface area (Å²) in [7, 11) is 0. The first-order valence-electron chi connectivity index (χ1n) is 50.8. The summed E-state index contributed by atoms with van der Waals surface area (Å²) in [5.74, 6) is 1.10. The van der Waals surface area contributed by atoms with Gasteiger partial charge in [0, 0.05) is 86.4 Å². The van der Waals surface area contributed by atoms with Crippen molar-refractivity contribution in [3.05, 3.63) is 499 Å². The molecular formula is C124H90N6O. The van der Waals surface area contributed by atoms with Crippen LogP contribution in [-0.4, -0.2) is 9.13 Å². The zero-order valence-corrected chi connectivity index (χ0v) is 72.3. The number of aromatic nitrogens is 2. The van der Waals surface area contributed by atoms with E-state index in [9.17, 15) is 24.5 Å². The van der Waals surface area contributed by atoms with Crippen LogP contribution in [0.25, 0.3) is 138 Å². The van der Waals surface area contributed by atoms with Gasteiger partial charge in [-0.1, -0.05) is 338 Å². The summed E-state index contributed by atoms with van der Waals surface area (Å²) in [6, 6.07) is 118. The molecule has 0 fully saturated rings. The quantitative estimate of drug-likeness (QED) is 0.0804. The molecule has 131 heavy (non-hydrogen) atoms. The average Bonchev–Trinajstić information content (AvgIpc) is 1.45. The van der Waals surface area contributed by atoms with Crippen molar-refractivity contribution in [2.75, 3.05) is 9.80 Å². The smallest absolute Gasteiger partial charge is 0.188 e. The Bertz CT molecular complexity index is 8970. The van der Waals surface area contributed by atoms with E-state index in [4.69, 9.17) is 11.3 Å². The summed E-state index contributed by atoms with van der Waals surface area (Å²) in [6.45, 7) is 19.3. The van der Waals surface area contributed by atoms with Crippen molar-refractivity contribution >= 4 is 83.4 Å². The van der Waals surface area contributed by atoms with Gasteiger partial charge in [-0.3, -0.25) is 0 Å². The molecular weight excluding hydrogens is 1590 g/mol. The second-order valence-corrected chi connectivity index (χ2v) is 34.4. The Balaban J connectivity index is 0.949. The molecule has 0 aliphatic carbocycles. The van der Waals surface area contributed by atoms with Crippen molar-refractivity contribution in [1.29, 1.82) is 5.26 Å². The van der Waals surface area contributed by atoms with Gasteiger partial charge in [-0.15, -0.1) is 0 Å². The molecule has 3 heterocycles. The largest absolute Gasteiger partial charge is 0.457 e. The molecule has 0 bridgehead atoms. The number of ether oxygens (including phenoxy) is 1. The minimum Gasteiger partial charge on any atom is -0.457 e. The van der Waals surface area contributed by atoms with Gasteiger partial charge in [0.15, 0.2) is 5.69 Å². The highest BCUT2D eigenvalue weighted by molar-refractivity contribution is 6.12. The lowest BCUT2D eigenvalue weighted by atomic mass is 9.63. The molecule has 0 atom stereocenters. The second kappa shape index (κ2) is 33.2. The Hall–Kier alpha value is -16.8. The molecule has 0 unspecified atom stereocenters. The standard InChI is InChI=1S/C124H90N6O/c1-82(2)93-72-107(86-39-17-9-18-40-86)121(108(73-93)91-45-31-43-88(68-91)84-35-13-7-14-36-84)127(99-51-33-53-101(78-99)129-115-58-28-25-55-105(115)111-67-83(81-125)61-65-117(111)129)103-70-94(90-62-64-114-120(74-90)131-119-60-30-27-57-113(119)124(114,95-47-21-11-22-48-95)96-49-23-12-24-50-96)71-104(80-103)128(100-52-34-54-102(79-100)130-116-59-29-26-56-106(116)112-77-98(126-6)63-66-118(112)130)122-109(87-41-19-10-20-42-87)75-97(123(3,4)5)76-110(122)92-46-32-44-89(69-92)85-37-15-8-16-38-85/h7-80,82H,1-5H3/i25D,26D,28D,29D,55D,56D,58D,59D,61D,63D,65D,66D,67D,77D. The fraction of sp³-hybridized carbons (Fsp3) is 0.0645. The van der Waals surface area contributed by atoms with Crippen molar-refractivity contribution in [2.45, 2.75) is 51.4 Å². The normalized spacial score (nSPS) is 13.7. The molecule has 19 aromatic carbocycles. The third-order valence-electron chi connectivity index (χ3n) is 25.2. The highest BCUT2D eigenvalue weighted by Gasteiger charge is 2.46. The summed E-state index contributed by atoms with van der Waals surface area (Å²) in [5, 5.41) is 10.4. The van der Waals surface area contributed by atoms with Gasteiger partial charge in [0.25, 0.3) is 0 Å². The molecule has 7 nitrogen and oxygen atoms in total. The predicted molar refractivity (Wildman–Crippen MR) is 545 cm³/mol. The van der Waals surface area contributed by atoms with E-state index in [1.807, 2.05) is 146 Å². The number of nitriles is 1. The number of hydrogen-bond donors (Lipinski definition) is 0. The van der Waals surface area contributed by atoms with E-state index < -0.39 is 107 Å². The number of hydrogen-bond acceptors (Lipinski definition) is 4. The molecule has 2 aromatic heterocycles. The van der Waals surface area contributed by atoms with Crippen LogP contribution in [0.1, 0.15) is 98.7 Å². The molecule has 0 spiro atoms. The van der Waals surface area contributed by atoms with E-state index in [1.165, 1.54) is 4.57 Å². The Labute approximate surface area is 784 Å². The number of anilines is 6. The molecule has 7 heteroatoms. The lowest BCUT2D eigenvalue weighted by Gasteiger charge is -2.41. The van der Waals surface area contributed by atoms with Crippen LogP contribution in [-0.2, 0) is 10.8 Å². The molecule has 0 amide bonds. The second-order valence-electron chi connectivity index (χ2n) is 34.4. The van der Waals surface area contributed by atoms with Crippen molar-refractivity contribution in [3.63, 3.8) is 0 Å². The van der Waals surface area contributed by atoms with E-state index in [1.54, 1.807) is 16.7 Å². The molecule has 0 N–H and O–H groups in total. The van der Waals surface area contributed by atoms with Gasteiger partial charge in [-0.05, 0) is 240 Å². The van der Waals surface area contributed by atoms with E-state index in [0.29, 0.717) is 56.8 Å².